The highest BCUT2D eigenvalue weighted by Crippen LogP contribution is 2.27. The summed E-state index contributed by atoms with van der Waals surface area (Å²) in [7, 11) is 1.62. The van der Waals surface area contributed by atoms with Crippen molar-refractivity contribution in [2.24, 2.45) is 0 Å². The van der Waals surface area contributed by atoms with E-state index in [4.69, 9.17) is 9.72 Å². The Kier molecular flexibility index (Phi) is 6.50. The van der Waals surface area contributed by atoms with Crippen LogP contribution in [-0.2, 0) is 0 Å². The summed E-state index contributed by atoms with van der Waals surface area (Å²) in [5.41, 5.74) is 3.95. The van der Waals surface area contributed by atoms with Gasteiger partial charge in [-0.15, -0.1) is 0 Å². The Hall–Kier alpha value is -4.39. The topological polar surface area (TPSA) is 92.4 Å². The minimum atomic E-state index is -0.301. The monoisotopic (exact) mass is 440 g/mol. The molecule has 0 aliphatic carbocycles. The zero-order valence-corrected chi connectivity index (χ0v) is 18.4. The number of nitrogens with zero attached hydrogens (tertiary/aromatic N) is 1. The van der Waals surface area contributed by atoms with Crippen LogP contribution in [0.2, 0.25) is 0 Å². The molecule has 0 fully saturated rings. The zero-order chi connectivity index (χ0) is 23.2. The number of carbonyl (C=O) groups is 2. The molecule has 0 atom stereocenters. The maximum Gasteiger partial charge on any atom is 0.319 e. The number of hydrogen-bond donors (Lipinski definition) is 3. The Morgan fingerprint density at radius 1 is 0.879 bits per heavy atom. The Labute approximate surface area is 191 Å². The van der Waals surface area contributed by atoms with Crippen molar-refractivity contribution in [2.45, 2.75) is 6.92 Å². The molecule has 3 N–H and O–H groups in total. The van der Waals surface area contributed by atoms with Gasteiger partial charge < -0.3 is 20.7 Å². The second kappa shape index (κ2) is 9.82. The van der Waals surface area contributed by atoms with Gasteiger partial charge in [-0.05, 0) is 61.5 Å². The number of nitrogens with one attached hydrogen (secondary N) is 3. The van der Waals surface area contributed by atoms with Crippen LogP contribution >= 0.6 is 0 Å². The summed E-state index contributed by atoms with van der Waals surface area (Å²) in [5.74, 6) is 0.483. The summed E-state index contributed by atoms with van der Waals surface area (Å²) in [5, 5.41) is 9.11. The lowest BCUT2D eigenvalue weighted by molar-refractivity contribution is 0.102. The second-order valence-electron chi connectivity index (χ2n) is 7.32. The van der Waals surface area contributed by atoms with Crippen molar-refractivity contribution in [3.05, 3.63) is 84.4 Å². The average Bonchev–Trinajstić information content (AvgIpc) is 2.83. The maximum atomic E-state index is 13.3. The first-order valence-electron chi connectivity index (χ1n) is 10.6. The molecule has 0 spiro atoms. The van der Waals surface area contributed by atoms with Gasteiger partial charge in [-0.2, -0.15) is 0 Å². The third-order valence-electron chi connectivity index (χ3n) is 5.06. The number of amides is 3. The van der Waals surface area contributed by atoms with E-state index >= 15 is 0 Å². The number of carbonyl (C=O) groups excluding carboxylic acids is 2. The third kappa shape index (κ3) is 5.10. The molecule has 0 aliphatic heterocycles. The number of benzene rings is 3. The first kappa shape index (κ1) is 21.8. The van der Waals surface area contributed by atoms with Crippen molar-refractivity contribution in [3.8, 4) is 17.0 Å². The first-order valence-corrected chi connectivity index (χ1v) is 10.6. The molecule has 1 heterocycles. The highest BCUT2D eigenvalue weighted by Gasteiger charge is 2.15. The van der Waals surface area contributed by atoms with Crippen LogP contribution in [0, 0.1) is 0 Å². The molecule has 0 saturated carbocycles. The summed E-state index contributed by atoms with van der Waals surface area (Å²) < 4.78 is 5.24. The number of fused-ring (bicyclic) bond motifs is 1. The fourth-order valence-corrected chi connectivity index (χ4v) is 3.48. The van der Waals surface area contributed by atoms with Gasteiger partial charge in [0, 0.05) is 28.9 Å². The van der Waals surface area contributed by atoms with Crippen LogP contribution in [0.25, 0.3) is 22.2 Å². The van der Waals surface area contributed by atoms with Crippen LogP contribution in [-0.4, -0.2) is 30.6 Å². The molecule has 3 amide bonds. The van der Waals surface area contributed by atoms with E-state index in [1.54, 1.807) is 37.4 Å². The van der Waals surface area contributed by atoms with Gasteiger partial charge in [-0.25, -0.2) is 9.78 Å². The van der Waals surface area contributed by atoms with E-state index in [2.05, 4.69) is 16.0 Å². The molecule has 4 aromatic rings. The van der Waals surface area contributed by atoms with Crippen LogP contribution in [0.5, 0.6) is 5.75 Å². The Bertz CT molecular complexity index is 1300. The van der Waals surface area contributed by atoms with E-state index in [1.807, 2.05) is 55.5 Å². The van der Waals surface area contributed by atoms with Gasteiger partial charge in [0.2, 0.25) is 0 Å². The lowest BCUT2D eigenvalue weighted by Crippen LogP contribution is -2.28. The predicted molar refractivity (Wildman–Crippen MR) is 131 cm³/mol. The minimum Gasteiger partial charge on any atom is -0.497 e. The van der Waals surface area contributed by atoms with Gasteiger partial charge >= 0.3 is 6.03 Å². The number of para-hydroxylation sites is 1. The van der Waals surface area contributed by atoms with Gasteiger partial charge in [0.1, 0.15) is 5.75 Å². The van der Waals surface area contributed by atoms with Gasteiger partial charge in [-0.1, -0.05) is 24.3 Å². The molecule has 0 radical (unpaired) electrons. The minimum absolute atomic E-state index is 0.265. The number of pyridine rings is 1. The molecular weight excluding hydrogens is 416 g/mol. The fourth-order valence-electron chi connectivity index (χ4n) is 3.48. The standard InChI is InChI=1S/C26H24N4O3/c1-3-27-26(32)29-19-8-6-7-18(15-19)28-25(31)22-16-24(17-11-13-20(33-2)14-12-17)30-23-10-5-4-9-21(22)23/h4-16H,3H2,1-2H3,(H,28,31)(H2,27,29,32). The molecule has 4 rings (SSSR count). The van der Waals surface area contributed by atoms with E-state index in [-0.39, 0.29) is 11.9 Å². The summed E-state index contributed by atoms with van der Waals surface area (Å²) in [6.07, 6.45) is 0. The number of hydrogen-bond acceptors (Lipinski definition) is 4. The van der Waals surface area contributed by atoms with Crippen LogP contribution in [0.3, 0.4) is 0 Å². The van der Waals surface area contributed by atoms with Crippen LogP contribution in [0.15, 0.2) is 78.9 Å². The van der Waals surface area contributed by atoms with Crippen molar-refractivity contribution in [2.75, 3.05) is 24.3 Å². The van der Waals surface area contributed by atoms with E-state index in [0.29, 0.717) is 29.2 Å². The number of rotatable bonds is 6. The number of ether oxygens (including phenoxy) is 1. The SMILES string of the molecule is CCNC(=O)Nc1cccc(NC(=O)c2cc(-c3ccc(OC)cc3)nc3ccccc23)c1. The van der Waals surface area contributed by atoms with Gasteiger partial charge in [0.05, 0.1) is 23.9 Å². The molecule has 1 aromatic heterocycles. The summed E-state index contributed by atoms with van der Waals surface area (Å²) in [6.45, 7) is 2.36. The Morgan fingerprint density at radius 3 is 2.33 bits per heavy atom. The number of anilines is 2. The maximum absolute atomic E-state index is 13.3. The van der Waals surface area contributed by atoms with Crippen LogP contribution < -0.4 is 20.7 Å². The van der Waals surface area contributed by atoms with Gasteiger partial charge in [-0.3, -0.25) is 4.79 Å². The largest absolute Gasteiger partial charge is 0.497 e. The molecule has 33 heavy (non-hydrogen) atoms. The van der Waals surface area contributed by atoms with E-state index < -0.39 is 0 Å². The normalized spacial score (nSPS) is 10.5. The Balaban J connectivity index is 1.66. The molecule has 0 unspecified atom stereocenters. The predicted octanol–water partition coefficient (Wildman–Crippen LogP) is 5.30. The van der Waals surface area contributed by atoms with E-state index in [0.717, 1.165) is 22.2 Å². The lowest BCUT2D eigenvalue weighted by Gasteiger charge is -2.12. The molecule has 0 bridgehead atoms. The molecule has 0 aliphatic rings. The van der Waals surface area contributed by atoms with Crippen molar-refractivity contribution in [3.63, 3.8) is 0 Å². The summed E-state index contributed by atoms with van der Waals surface area (Å²) in [4.78, 5) is 29.8. The summed E-state index contributed by atoms with van der Waals surface area (Å²) in [6, 6.07) is 23.6. The van der Waals surface area contributed by atoms with Gasteiger partial charge in [0.15, 0.2) is 0 Å². The second-order valence-corrected chi connectivity index (χ2v) is 7.32. The fraction of sp³-hybridized carbons (Fsp3) is 0.115. The zero-order valence-electron chi connectivity index (χ0n) is 18.4. The highest BCUT2D eigenvalue weighted by molar-refractivity contribution is 6.13. The molecule has 166 valence electrons. The molecule has 0 saturated heterocycles. The molecule has 7 nitrogen and oxygen atoms in total. The average molecular weight is 441 g/mol. The van der Waals surface area contributed by atoms with Crippen molar-refractivity contribution in [1.82, 2.24) is 10.3 Å². The van der Waals surface area contributed by atoms with Crippen LogP contribution in [0.4, 0.5) is 16.2 Å². The van der Waals surface area contributed by atoms with Crippen molar-refractivity contribution in [1.29, 1.82) is 0 Å². The molecular formula is C26H24N4O3. The number of urea groups is 1. The molecule has 7 heteroatoms. The van der Waals surface area contributed by atoms with E-state index in [1.165, 1.54) is 0 Å². The first-order chi connectivity index (χ1) is 16.1. The Morgan fingerprint density at radius 2 is 1.61 bits per heavy atom. The lowest BCUT2D eigenvalue weighted by atomic mass is 10.0. The quantitative estimate of drug-likeness (QED) is 0.379. The van der Waals surface area contributed by atoms with Crippen LogP contribution in [0.1, 0.15) is 17.3 Å². The van der Waals surface area contributed by atoms with Crippen molar-refractivity contribution < 1.29 is 14.3 Å². The van der Waals surface area contributed by atoms with E-state index in [9.17, 15) is 9.59 Å². The number of methoxy groups -OCH3 is 1. The third-order valence-corrected chi connectivity index (χ3v) is 5.06. The highest BCUT2D eigenvalue weighted by atomic mass is 16.5. The molecule has 3 aromatic carbocycles. The number of aromatic nitrogens is 1. The summed E-state index contributed by atoms with van der Waals surface area (Å²) >= 11 is 0. The van der Waals surface area contributed by atoms with Crippen molar-refractivity contribution >= 4 is 34.2 Å². The smallest absolute Gasteiger partial charge is 0.319 e. The van der Waals surface area contributed by atoms with Gasteiger partial charge in [0.25, 0.3) is 5.91 Å².